The molecule has 1 N–H and O–H groups in total. The number of fused-ring (bicyclic) bond motifs is 1. The summed E-state index contributed by atoms with van der Waals surface area (Å²) in [6.45, 7) is 4.82. The van der Waals surface area contributed by atoms with Gasteiger partial charge in [0.2, 0.25) is 5.91 Å². The van der Waals surface area contributed by atoms with Gasteiger partial charge in [0.25, 0.3) is 0 Å². The Kier molecular flexibility index (Phi) is 6.20. The number of amides is 1. The van der Waals surface area contributed by atoms with Crippen LogP contribution in [0.1, 0.15) is 31.2 Å². The van der Waals surface area contributed by atoms with E-state index in [1.807, 2.05) is 53.6 Å². The number of furan rings is 1. The molecule has 1 amide bonds. The third-order valence-corrected chi connectivity index (χ3v) is 6.46. The molecule has 1 fully saturated rings. The fourth-order valence-corrected chi connectivity index (χ4v) is 4.78. The quantitative estimate of drug-likeness (QED) is 0.394. The zero-order chi connectivity index (χ0) is 22.8. The number of pyridine rings is 1. The third kappa shape index (κ3) is 4.68. The van der Waals surface area contributed by atoms with Gasteiger partial charge in [-0.1, -0.05) is 37.1 Å². The number of piperazine rings is 1. The Balaban J connectivity index is 1.29. The number of nitrogens with zero attached hydrogens (tertiary/aromatic N) is 3. The van der Waals surface area contributed by atoms with E-state index in [1.165, 1.54) is 0 Å². The maximum atomic E-state index is 13.4. The van der Waals surface area contributed by atoms with Crippen molar-refractivity contribution >= 4 is 28.4 Å². The van der Waals surface area contributed by atoms with Crippen molar-refractivity contribution in [1.82, 2.24) is 19.8 Å². The predicted molar refractivity (Wildman–Crippen MR) is 130 cm³/mol. The summed E-state index contributed by atoms with van der Waals surface area (Å²) in [6, 6.07) is 15.5. The molecule has 1 aliphatic heterocycles. The standard InChI is InChI=1S/C26H27ClN4O2/c1-2-4-24-26(32)31(16-21-14-19-15-28-10-9-23(19)29-21)12-11-30(24)17-22-7-8-25(33-22)18-5-3-6-20(27)13-18/h3,5-10,13-15,24,29H,2,4,11-12,16-17H2,1H3/t24-/m0/s1. The molecule has 0 spiro atoms. The number of aromatic nitrogens is 2. The highest BCUT2D eigenvalue weighted by atomic mass is 35.5. The average Bonchev–Trinajstić information content (AvgIpc) is 3.44. The number of carbonyl (C=O) groups is 1. The average molecular weight is 463 g/mol. The van der Waals surface area contributed by atoms with Gasteiger partial charge in [-0.3, -0.25) is 14.7 Å². The first-order valence-electron chi connectivity index (χ1n) is 11.4. The Morgan fingerprint density at radius 3 is 2.88 bits per heavy atom. The van der Waals surface area contributed by atoms with Gasteiger partial charge in [-0.05, 0) is 42.8 Å². The molecule has 0 radical (unpaired) electrons. The molecule has 0 bridgehead atoms. The molecule has 7 heteroatoms. The van der Waals surface area contributed by atoms with Crippen molar-refractivity contribution in [2.24, 2.45) is 0 Å². The fraction of sp³-hybridized carbons (Fsp3) is 0.308. The van der Waals surface area contributed by atoms with Crippen LogP contribution in [-0.4, -0.2) is 44.8 Å². The fourth-order valence-electron chi connectivity index (χ4n) is 4.59. The second kappa shape index (κ2) is 9.41. The minimum Gasteiger partial charge on any atom is -0.460 e. The topological polar surface area (TPSA) is 65.4 Å². The Morgan fingerprint density at radius 1 is 1.15 bits per heavy atom. The van der Waals surface area contributed by atoms with Gasteiger partial charge in [-0.2, -0.15) is 0 Å². The summed E-state index contributed by atoms with van der Waals surface area (Å²) in [5.74, 6) is 1.83. The first kappa shape index (κ1) is 21.7. The Bertz CT molecular complexity index is 1230. The van der Waals surface area contributed by atoms with Crippen LogP contribution in [0.5, 0.6) is 0 Å². The molecule has 3 aromatic heterocycles. The van der Waals surface area contributed by atoms with Crippen molar-refractivity contribution in [1.29, 1.82) is 0 Å². The first-order valence-corrected chi connectivity index (χ1v) is 11.8. The van der Waals surface area contributed by atoms with Gasteiger partial charge < -0.3 is 14.3 Å². The van der Waals surface area contributed by atoms with E-state index in [0.29, 0.717) is 24.7 Å². The number of hydrogen-bond donors (Lipinski definition) is 1. The van der Waals surface area contributed by atoms with E-state index in [0.717, 1.165) is 53.1 Å². The number of halogens is 1. The van der Waals surface area contributed by atoms with Crippen molar-refractivity contribution in [3.8, 4) is 11.3 Å². The predicted octanol–water partition coefficient (Wildman–Crippen LogP) is 5.49. The van der Waals surface area contributed by atoms with E-state index >= 15 is 0 Å². The highest BCUT2D eigenvalue weighted by molar-refractivity contribution is 6.30. The molecular weight excluding hydrogens is 436 g/mol. The smallest absolute Gasteiger partial charge is 0.240 e. The summed E-state index contributed by atoms with van der Waals surface area (Å²) in [5.41, 5.74) is 3.03. The van der Waals surface area contributed by atoms with Gasteiger partial charge >= 0.3 is 0 Å². The van der Waals surface area contributed by atoms with E-state index in [2.05, 4.69) is 27.9 Å². The van der Waals surface area contributed by atoms with Crippen molar-refractivity contribution in [3.63, 3.8) is 0 Å². The van der Waals surface area contributed by atoms with Crippen LogP contribution in [0.3, 0.4) is 0 Å². The lowest BCUT2D eigenvalue weighted by Crippen LogP contribution is -2.56. The van der Waals surface area contributed by atoms with Gasteiger partial charge in [0.15, 0.2) is 0 Å². The zero-order valence-corrected chi connectivity index (χ0v) is 19.4. The molecule has 4 aromatic rings. The summed E-state index contributed by atoms with van der Waals surface area (Å²) in [5, 5.41) is 1.75. The summed E-state index contributed by atoms with van der Waals surface area (Å²) >= 11 is 6.12. The van der Waals surface area contributed by atoms with Crippen LogP contribution in [0.15, 0.2) is 65.3 Å². The van der Waals surface area contributed by atoms with E-state index in [9.17, 15) is 4.79 Å². The van der Waals surface area contributed by atoms with Gasteiger partial charge in [-0.25, -0.2) is 0 Å². The maximum absolute atomic E-state index is 13.4. The van der Waals surface area contributed by atoms with Gasteiger partial charge in [0.1, 0.15) is 11.5 Å². The second-order valence-corrected chi connectivity index (χ2v) is 9.00. The summed E-state index contributed by atoms with van der Waals surface area (Å²) < 4.78 is 6.11. The molecule has 4 heterocycles. The molecule has 0 aliphatic carbocycles. The lowest BCUT2D eigenvalue weighted by atomic mass is 10.0. The van der Waals surface area contributed by atoms with E-state index in [4.69, 9.17) is 16.0 Å². The molecule has 5 rings (SSSR count). The van der Waals surface area contributed by atoms with Crippen molar-refractivity contribution in [2.45, 2.75) is 38.9 Å². The number of H-pyrrole nitrogens is 1. The lowest BCUT2D eigenvalue weighted by molar-refractivity contribution is -0.143. The molecule has 6 nitrogen and oxygen atoms in total. The number of carbonyl (C=O) groups excluding carboxylic acids is 1. The summed E-state index contributed by atoms with van der Waals surface area (Å²) in [6.07, 6.45) is 5.39. The Labute approximate surface area is 198 Å². The third-order valence-electron chi connectivity index (χ3n) is 6.22. The molecule has 170 valence electrons. The Hall–Kier alpha value is -3.09. The van der Waals surface area contributed by atoms with E-state index in [-0.39, 0.29) is 11.9 Å². The minimum atomic E-state index is -0.144. The van der Waals surface area contributed by atoms with E-state index < -0.39 is 0 Å². The van der Waals surface area contributed by atoms with Crippen LogP contribution >= 0.6 is 11.6 Å². The van der Waals surface area contributed by atoms with Crippen molar-refractivity contribution < 1.29 is 9.21 Å². The van der Waals surface area contributed by atoms with Gasteiger partial charge in [0, 0.05) is 52.7 Å². The molecule has 33 heavy (non-hydrogen) atoms. The molecule has 0 unspecified atom stereocenters. The van der Waals surface area contributed by atoms with Crippen LogP contribution in [-0.2, 0) is 17.9 Å². The number of rotatable bonds is 7. The van der Waals surface area contributed by atoms with Crippen LogP contribution in [0.2, 0.25) is 5.02 Å². The summed E-state index contributed by atoms with van der Waals surface area (Å²) in [4.78, 5) is 25.2. The number of benzene rings is 1. The number of hydrogen-bond acceptors (Lipinski definition) is 4. The van der Waals surface area contributed by atoms with Crippen molar-refractivity contribution in [3.05, 3.63) is 77.4 Å². The minimum absolute atomic E-state index is 0.144. The van der Waals surface area contributed by atoms with Crippen LogP contribution < -0.4 is 0 Å². The second-order valence-electron chi connectivity index (χ2n) is 8.57. The summed E-state index contributed by atoms with van der Waals surface area (Å²) in [7, 11) is 0. The highest BCUT2D eigenvalue weighted by Gasteiger charge is 2.34. The molecular formula is C26H27ClN4O2. The molecule has 1 saturated heterocycles. The SMILES string of the molecule is CCC[C@H]1C(=O)N(Cc2cc3cnccc3[nH]2)CCN1Cc1ccc(-c2cccc(Cl)c2)o1. The van der Waals surface area contributed by atoms with Gasteiger partial charge in [0.05, 0.1) is 19.1 Å². The molecule has 1 aliphatic rings. The van der Waals surface area contributed by atoms with Crippen molar-refractivity contribution in [2.75, 3.05) is 13.1 Å². The van der Waals surface area contributed by atoms with Gasteiger partial charge in [-0.15, -0.1) is 0 Å². The molecule has 1 atom stereocenters. The van der Waals surface area contributed by atoms with Crippen LogP contribution in [0.4, 0.5) is 0 Å². The lowest BCUT2D eigenvalue weighted by Gasteiger charge is -2.40. The maximum Gasteiger partial charge on any atom is 0.240 e. The number of aromatic amines is 1. The molecule has 1 aromatic carbocycles. The first-order chi connectivity index (χ1) is 16.1. The van der Waals surface area contributed by atoms with Crippen LogP contribution in [0, 0.1) is 0 Å². The Morgan fingerprint density at radius 2 is 2.06 bits per heavy atom. The normalized spacial score (nSPS) is 17.2. The number of nitrogens with one attached hydrogen (secondary N) is 1. The van der Waals surface area contributed by atoms with Crippen LogP contribution in [0.25, 0.3) is 22.2 Å². The van der Waals surface area contributed by atoms with E-state index in [1.54, 1.807) is 6.20 Å². The zero-order valence-electron chi connectivity index (χ0n) is 18.6. The monoisotopic (exact) mass is 462 g/mol. The largest absolute Gasteiger partial charge is 0.460 e. The highest BCUT2D eigenvalue weighted by Crippen LogP contribution is 2.27. The molecule has 0 saturated carbocycles.